The topological polar surface area (TPSA) is 173 Å². The number of carbonyl (C=O) groups excluding carboxylic acids is 4. The Bertz CT molecular complexity index is 369. The Morgan fingerprint density at radius 2 is 0.957 bits per heavy atom. The van der Waals surface area contributed by atoms with E-state index in [0.29, 0.717) is 0 Å². The van der Waals surface area contributed by atoms with Crippen LogP contribution >= 0.6 is 0 Å². The summed E-state index contributed by atoms with van der Waals surface area (Å²) in [6.45, 7) is 4.67. The summed E-state index contributed by atoms with van der Waals surface area (Å²) in [5.74, 6) is -4.92. The first-order valence-corrected chi connectivity index (χ1v) is 6.08. The zero-order chi connectivity index (χ0) is 18.0. The zero-order valence-electron chi connectivity index (χ0n) is 13.2. The monoisotopic (exact) mass is 362 g/mol. The molecule has 0 aliphatic carbocycles. The molecule has 0 saturated heterocycles. The molecule has 0 aromatic rings. The van der Waals surface area contributed by atoms with Crippen LogP contribution in [0.15, 0.2) is 0 Å². The van der Waals surface area contributed by atoms with Crippen LogP contribution < -0.4 is 10.2 Å². The summed E-state index contributed by atoms with van der Waals surface area (Å²) in [6.07, 6.45) is -5.26. The minimum absolute atomic E-state index is 0. The molecule has 128 valence electrons. The normalized spacial score (nSPS) is 14.5. The van der Waals surface area contributed by atoms with Crippen molar-refractivity contribution < 1.29 is 49.1 Å². The SMILES string of the molecule is CC(O)C(=O)O[C@@H](C)C(=O)[O-].CC(O)C(=O)O[C@@H](C)C(=O)[O-].[Ca+2]. The fraction of sp³-hybridized carbons (Fsp3) is 0.667. The third-order valence-corrected chi connectivity index (χ3v) is 1.93. The second-order valence-electron chi connectivity index (χ2n) is 4.15. The Labute approximate surface area is 162 Å². The molecular formula is C12H18CaO10. The molecule has 0 spiro atoms. The van der Waals surface area contributed by atoms with E-state index in [1.54, 1.807) is 0 Å². The van der Waals surface area contributed by atoms with E-state index >= 15 is 0 Å². The van der Waals surface area contributed by atoms with Gasteiger partial charge in [0.15, 0.2) is 0 Å². The molecule has 0 amide bonds. The number of carbonyl (C=O) groups is 4. The molecule has 0 fully saturated rings. The van der Waals surface area contributed by atoms with Crippen molar-refractivity contribution in [3.8, 4) is 0 Å². The maximum Gasteiger partial charge on any atom is 2.00 e. The molecule has 0 aromatic carbocycles. The van der Waals surface area contributed by atoms with E-state index in [4.69, 9.17) is 10.2 Å². The number of rotatable bonds is 6. The van der Waals surface area contributed by atoms with Crippen molar-refractivity contribution in [1.82, 2.24) is 0 Å². The summed E-state index contributed by atoms with van der Waals surface area (Å²) in [5.41, 5.74) is 0. The van der Waals surface area contributed by atoms with Gasteiger partial charge in [0.25, 0.3) is 0 Å². The van der Waals surface area contributed by atoms with E-state index in [2.05, 4.69) is 9.47 Å². The standard InChI is InChI=1S/2C6H10O5.Ca/c2*1-3(7)6(10)11-4(2)5(8)9;/h2*3-4,7H,1-2H3,(H,8,9);/q;;+2/p-2/t2*3?,4-;/m00./s1. The van der Waals surface area contributed by atoms with Gasteiger partial charge in [-0.15, -0.1) is 0 Å². The molecule has 10 nitrogen and oxygen atoms in total. The van der Waals surface area contributed by atoms with Crippen LogP contribution in [0.3, 0.4) is 0 Å². The molecule has 4 atom stereocenters. The van der Waals surface area contributed by atoms with Crippen molar-refractivity contribution in [2.75, 3.05) is 0 Å². The third-order valence-electron chi connectivity index (χ3n) is 1.93. The molecule has 0 bridgehead atoms. The van der Waals surface area contributed by atoms with E-state index < -0.39 is 48.3 Å². The molecule has 0 heterocycles. The number of carboxylic acid groups (broad SMARTS) is 2. The number of carboxylic acids is 2. The molecular weight excluding hydrogens is 344 g/mol. The molecule has 2 unspecified atom stereocenters. The van der Waals surface area contributed by atoms with Crippen LogP contribution in [0.4, 0.5) is 0 Å². The fourth-order valence-corrected chi connectivity index (χ4v) is 0.642. The maximum absolute atomic E-state index is 10.5. The van der Waals surface area contributed by atoms with Crippen LogP contribution in [-0.2, 0) is 28.7 Å². The first kappa shape index (κ1) is 26.9. The van der Waals surface area contributed by atoms with Gasteiger partial charge in [0.1, 0.15) is 24.4 Å². The number of esters is 2. The average Bonchev–Trinajstić information content (AvgIpc) is 2.38. The minimum Gasteiger partial charge on any atom is -0.546 e. The molecule has 0 aromatic heterocycles. The number of hydrogen-bond acceptors (Lipinski definition) is 10. The molecule has 23 heavy (non-hydrogen) atoms. The number of ether oxygens (including phenoxy) is 2. The summed E-state index contributed by atoms with van der Waals surface area (Å²) in [7, 11) is 0. The van der Waals surface area contributed by atoms with Gasteiger partial charge in [-0.3, -0.25) is 0 Å². The quantitative estimate of drug-likeness (QED) is 0.347. The van der Waals surface area contributed by atoms with Crippen molar-refractivity contribution in [1.29, 1.82) is 0 Å². The van der Waals surface area contributed by atoms with Crippen molar-refractivity contribution >= 4 is 61.6 Å². The molecule has 0 aliphatic heterocycles. The van der Waals surface area contributed by atoms with Crippen LogP contribution in [-0.4, -0.2) is 96.2 Å². The van der Waals surface area contributed by atoms with Gasteiger partial charge in [0, 0.05) is 0 Å². The van der Waals surface area contributed by atoms with E-state index in [1.807, 2.05) is 0 Å². The van der Waals surface area contributed by atoms with E-state index in [0.717, 1.165) is 13.8 Å². The average molecular weight is 362 g/mol. The second-order valence-corrected chi connectivity index (χ2v) is 4.15. The predicted molar refractivity (Wildman–Crippen MR) is 70.2 cm³/mol. The Kier molecular flexibility index (Phi) is 15.8. The molecule has 0 rings (SSSR count). The Balaban J connectivity index is -0.000000333. The molecule has 11 heteroatoms. The van der Waals surface area contributed by atoms with Gasteiger partial charge in [-0.05, 0) is 27.7 Å². The summed E-state index contributed by atoms with van der Waals surface area (Å²) in [5, 5.41) is 37.1. The van der Waals surface area contributed by atoms with E-state index in [-0.39, 0.29) is 37.7 Å². The molecule has 0 saturated carbocycles. The minimum atomic E-state index is -1.49. The van der Waals surface area contributed by atoms with Crippen LogP contribution in [0.2, 0.25) is 0 Å². The van der Waals surface area contributed by atoms with Gasteiger partial charge in [-0.1, -0.05) is 0 Å². The first-order chi connectivity index (χ1) is 9.89. The summed E-state index contributed by atoms with van der Waals surface area (Å²) < 4.78 is 8.44. The third kappa shape index (κ3) is 14.4. The number of aliphatic hydroxyl groups is 2. The van der Waals surface area contributed by atoms with Gasteiger partial charge in [-0.2, -0.15) is 0 Å². The van der Waals surface area contributed by atoms with Crippen molar-refractivity contribution in [3.63, 3.8) is 0 Å². The second kappa shape index (κ2) is 13.5. The summed E-state index contributed by atoms with van der Waals surface area (Å²) >= 11 is 0. The molecule has 0 aliphatic rings. The Hall–Kier alpha value is -0.940. The van der Waals surface area contributed by atoms with Crippen molar-refractivity contribution in [2.24, 2.45) is 0 Å². The predicted octanol–water partition coefficient (Wildman–Crippen LogP) is -4.28. The van der Waals surface area contributed by atoms with Crippen LogP contribution in [0, 0.1) is 0 Å². The van der Waals surface area contributed by atoms with Gasteiger partial charge in [0.05, 0.1) is 11.9 Å². The largest absolute Gasteiger partial charge is 2.00 e. The van der Waals surface area contributed by atoms with Gasteiger partial charge in [-0.25, -0.2) is 9.59 Å². The fourth-order valence-electron chi connectivity index (χ4n) is 0.642. The van der Waals surface area contributed by atoms with Crippen LogP contribution in [0.5, 0.6) is 0 Å². The maximum atomic E-state index is 10.5. The van der Waals surface area contributed by atoms with E-state index in [9.17, 15) is 29.4 Å². The smallest absolute Gasteiger partial charge is 0.546 e. The number of hydrogen-bond donors (Lipinski definition) is 2. The zero-order valence-corrected chi connectivity index (χ0v) is 15.4. The van der Waals surface area contributed by atoms with Crippen molar-refractivity contribution in [2.45, 2.75) is 52.1 Å². The molecule has 0 radical (unpaired) electrons. The van der Waals surface area contributed by atoms with Gasteiger partial charge in [0.2, 0.25) is 0 Å². The van der Waals surface area contributed by atoms with Crippen LogP contribution in [0.1, 0.15) is 27.7 Å². The first-order valence-electron chi connectivity index (χ1n) is 6.08. The summed E-state index contributed by atoms with van der Waals surface area (Å²) in [4.78, 5) is 41.0. The molecule has 2 N–H and O–H groups in total. The van der Waals surface area contributed by atoms with Crippen molar-refractivity contribution in [3.05, 3.63) is 0 Å². The Morgan fingerprint density at radius 3 is 1.09 bits per heavy atom. The van der Waals surface area contributed by atoms with Gasteiger partial charge < -0.3 is 39.5 Å². The number of aliphatic carboxylic acids is 2. The Morgan fingerprint density at radius 1 is 0.739 bits per heavy atom. The summed E-state index contributed by atoms with van der Waals surface area (Å²) in [6, 6.07) is 0. The van der Waals surface area contributed by atoms with E-state index in [1.165, 1.54) is 13.8 Å². The van der Waals surface area contributed by atoms with Crippen LogP contribution in [0.25, 0.3) is 0 Å². The number of aliphatic hydroxyl groups excluding tert-OH is 2. The van der Waals surface area contributed by atoms with Gasteiger partial charge >= 0.3 is 49.7 Å².